The van der Waals surface area contributed by atoms with Crippen molar-refractivity contribution in [2.24, 2.45) is 4.99 Å². The fourth-order valence-corrected chi connectivity index (χ4v) is 3.52. The van der Waals surface area contributed by atoms with Crippen molar-refractivity contribution in [2.75, 3.05) is 31.1 Å². The summed E-state index contributed by atoms with van der Waals surface area (Å²) in [6.45, 7) is 20.6. The van der Waals surface area contributed by atoms with Gasteiger partial charge in [-0.05, 0) is 49.4 Å². The maximum absolute atomic E-state index is 4.82. The van der Waals surface area contributed by atoms with Gasteiger partial charge in [0.05, 0.1) is 5.69 Å². The van der Waals surface area contributed by atoms with E-state index in [0.29, 0.717) is 0 Å². The van der Waals surface area contributed by atoms with Crippen LogP contribution in [0.4, 0.5) is 11.4 Å². The highest BCUT2D eigenvalue weighted by Gasteiger charge is 2.15. The minimum absolute atomic E-state index is 1.03. The Morgan fingerprint density at radius 1 is 0.938 bits per heavy atom. The summed E-state index contributed by atoms with van der Waals surface area (Å²) in [6.07, 6.45) is 7.47. The highest BCUT2D eigenvalue weighted by Crippen LogP contribution is 2.22. The Morgan fingerprint density at radius 3 is 2.12 bits per heavy atom. The molecular formula is C29H45N3. The molecule has 176 valence electrons. The van der Waals surface area contributed by atoms with Crippen LogP contribution in [0.15, 0.2) is 66.3 Å². The molecule has 3 nitrogen and oxygen atoms in total. The van der Waals surface area contributed by atoms with E-state index < -0.39 is 0 Å². The van der Waals surface area contributed by atoms with Crippen molar-refractivity contribution < 1.29 is 0 Å². The van der Waals surface area contributed by atoms with Crippen LogP contribution in [0.1, 0.15) is 71.4 Å². The maximum atomic E-state index is 4.82. The summed E-state index contributed by atoms with van der Waals surface area (Å²) in [5.41, 5.74) is 5.75. The van der Waals surface area contributed by atoms with Crippen molar-refractivity contribution in [2.45, 2.75) is 67.2 Å². The number of para-hydroxylation sites is 1. The van der Waals surface area contributed by atoms with Crippen LogP contribution in [-0.2, 0) is 0 Å². The molecule has 0 spiro atoms. The van der Waals surface area contributed by atoms with Crippen LogP contribution in [-0.4, -0.2) is 36.8 Å². The van der Waals surface area contributed by atoms with Gasteiger partial charge >= 0.3 is 0 Å². The van der Waals surface area contributed by atoms with Crippen LogP contribution in [0.5, 0.6) is 0 Å². The predicted molar refractivity (Wildman–Crippen MR) is 145 cm³/mol. The zero-order chi connectivity index (χ0) is 23.8. The first-order valence-electron chi connectivity index (χ1n) is 12.4. The fourth-order valence-electron chi connectivity index (χ4n) is 3.52. The number of unbranched alkanes of at least 4 members (excludes halogenated alkanes) is 3. The molecule has 32 heavy (non-hydrogen) atoms. The normalized spacial score (nSPS) is 13.5. The summed E-state index contributed by atoms with van der Waals surface area (Å²) < 4.78 is 0. The second kappa shape index (κ2) is 16.1. The molecular weight excluding hydrogens is 390 g/mol. The number of piperazine rings is 1. The van der Waals surface area contributed by atoms with Gasteiger partial charge in [0, 0.05) is 37.6 Å². The molecule has 0 atom stereocenters. The summed E-state index contributed by atoms with van der Waals surface area (Å²) >= 11 is 0. The average Bonchev–Trinajstić information content (AvgIpc) is 2.86. The number of aryl methyl sites for hydroxylation is 1. The van der Waals surface area contributed by atoms with E-state index in [9.17, 15) is 0 Å². The first-order chi connectivity index (χ1) is 15.6. The molecule has 0 amide bonds. The van der Waals surface area contributed by atoms with Gasteiger partial charge in [0.1, 0.15) is 0 Å². The molecule has 3 heteroatoms. The Hall–Kier alpha value is -2.55. The van der Waals surface area contributed by atoms with Crippen LogP contribution >= 0.6 is 0 Å². The van der Waals surface area contributed by atoms with Crippen LogP contribution in [0, 0.1) is 6.92 Å². The van der Waals surface area contributed by atoms with Crippen LogP contribution in [0.3, 0.4) is 0 Å². The number of aliphatic imine (C=N–C) groups is 1. The molecule has 1 fully saturated rings. The van der Waals surface area contributed by atoms with Crippen LogP contribution in [0.2, 0.25) is 0 Å². The summed E-state index contributed by atoms with van der Waals surface area (Å²) in [5.74, 6) is 0. The molecule has 0 saturated carbocycles. The first kappa shape index (κ1) is 27.5. The third-order valence-corrected chi connectivity index (χ3v) is 5.56. The lowest BCUT2D eigenvalue weighted by Crippen LogP contribution is -2.44. The van der Waals surface area contributed by atoms with E-state index in [2.05, 4.69) is 80.5 Å². The predicted octanol–water partition coefficient (Wildman–Crippen LogP) is 8.01. The van der Waals surface area contributed by atoms with Crippen molar-refractivity contribution in [3.8, 4) is 0 Å². The zero-order valence-corrected chi connectivity index (χ0v) is 21.4. The van der Waals surface area contributed by atoms with E-state index in [4.69, 9.17) is 4.99 Å². The second-order valence-electron chi connectivity index (χ2n) is 7.95. The van der Waals surface area contributed by atoms with Gasteiger partial charge in [-0.1, -0.05) is 90.3 Å². The number of hydrogen-bond acceptors (Lipinski definition) is 3. The van der Waals surface area contributed by atoms with E-state index in [1.807, 2.05) is 32.2 Å². The Balaban J connectivity index is 0.000000556. The molecule has 2 aromatic rings. The Bertz CT molecular complexity index is 798. The molecule has 2 aromatic carbocycles. The second-order valence-corrected chi connectivity index (χ2v) is 7.95. The molecule has 0 aliphatic carbocycles. The minimum Gasteiger partial charge on any atom is -0.374 e. The first-order valence-corrected chi connectivity index (χ1v) is 12.4. The fraction of sp³-hybridized carbons (Fsp3) is 0.483. The monoisotopic (exact) mass is 435 g/mol. The minimum atomic E-state index is 1.03. The topological polar surface area (TPSA) is 18.8 Å². The number of hydrogen-bond donors (Lipinski definition) is 0. The van der Waals surface area contributed by atoms with Crippen LogP contribution in [0.25, 0.3) is 0 Å². The summed E-state index contributed by atoms with van der Waals surface area (Å²) in [4.78, 5) is 9.52. The van der Waals surface area contributed by atoms with Crippen molar-refractivity contribution in [3.63, 3.8) is 0 Å². The van der Waals surface area contributed by atoms with Gasteiger partial charge in [-0.2, -0.15) is 0 Å². The maximum Gasteiger partial charge on any atom is 0.0662 e. The third-order valence-electron chi connectivity index (χ3n) is 5.56. The number of anilines is 1. The number of nitrogens with zero attached hydrogens (tertiary/aromatic N) is 3. The van der Waals surface area contributed by atoms with Gasteiger partial charge in [-0.15, -0.1) is 0 Å². The molecule has 0 unspecified atom stereocenters. The van der Waals surface area contributed by atoms with E-state index in [1.165, 1.54) is 42.5 Å². The molecule has 0 radical (unpaired) electrons. The van der Waals surface area contributed by atoms with Gasteiger partial charge < -0.3 is 9.80 Å². The van der Waals surface area contributed by atoms with Crippen molar-refractivity contribution >= 4 is 17.1 Å². The highest BCUT2D eigenvalue weighted by molar-refractivity contribution is 6.01. The largest absolute Gasteiger partial charge is 0.374 e. The molecule has 1 heterocycles. The molecule has 1 aliphatic heterocycles. The molecule has 0 N–H and O–H groups in total. The Labute approximate surface area is 197 Å². The van der Waals surface area contributed by atoms with E-state index in [1.54, 1.807) is 0 Å². The van der Waals surface area contributed by atoms with E-state index in [0.717, 1.165) is 37.6 Å². The van der Waals surface area contributed by atoms with Crippen molar-refractivity contribution in [1.29, 1.82) is 0 Å². The van der Waals surface area contributed by atoms with Gasteiger partial charge in [-0.25, -0.2) is 0 Å². The lowest BCUT2D eigenvalue weighted by atomic mass is 10.1. The lowest BCUT2D eigenvalue weighted by Gasteiger charge is -2.35. The summed E-state index contributed by atoms with van der Waals surface area (Å²) in [6, 6.07) is 17.0. The smallest absolute Gasteiger partial charge is 0.0662 e. The average molecular weight is 436 g/mol. The summed E-state index contributed by atoms with van der Waals surface area (Å²) in [5, 5.41) is 0. The van der Waals surface area contributed by atoms with E-state index in [-0.39, 0.29) is 0 Å². The quantitative estimate of drug-likeness (QED) is 0.324. The highest BCUT2D eigenvalue weighted by atomic mass is 15.2. The molecule has 1 saturated heterocycles. The van der Waals surface area contributed by atoms with Gasteiger partial charge in [0.15, 0.2) is 0 Å². The van der Waals surface area contributed by atoms with Gasteiger partial charge in [0.2, 0.25) is 0 Å². The van der Waals surface area contributed by atoms with E-state index >= 15 is 0 Å². The zero-order valence-electron chi connectivity index (χ0n) is 21.4. The third kappa shape index (κ3) is 9.30. The molecule has 0 aromatic heterocycles. The van der Waals surface area contributed by atoms with Gasteiger partial charge in [0.25, 0.3) is 0 Å². The SMILES string of the molecule is C=CN1CCN(c2cccc(C(C)=Nc3ccccc3C)c2)CC1.CC.CCCCCC. The van der Waals surface area contributed by atoms with Crippen molar-refractivity contribution in [3.05, 3.63) is 72.4 Å². The number of rotatable bonds is 7. The summed E-state index contributed by atoms with van der Waals surface area (Å²) in [7, 11) is 0. The Kier molecular flexibility index (Phi) is 13.9. The molecule has 1 aliphatic rings. The molecule has 3 rings (SSSR count). The van der Waals surface area contributed by atoms with Gasteiger partial charge in [-0.3, -0.25) is 4.99 Å². The molecule has 0 bridgehead atoms. The lowest BCUT2D eigenvalue weighted by molar-refractivity contribution is 0.350. The number of benzene rings is 2. The van der Waals surface area contributed by atoms with Crippen molar-refractivity contribution in [1.82, 2.24) is 4.90 Å². The Morgan fingerprint density at radius 2 is 1.56 bits per heavy atom. The van der Waals surface area contributed by atoms with Crippen LogP contribution < -0.4 is 4.90 Å². The standard InChI is InChI=1S/C21H25N3.C6H14.C2H6/c1-4-23-12-14-24(15-13-23)20-10-7-9-19(16-20)18(3)22-21-11-6-5-8-17(21)2;1-3-5-6-4-2;1-2/h4-11,16H,1,12-15H2,2-3H3;3-6H2,1-2H3;1-2H3.